The number of hydrogen-bond acceptors (Lipinski definition) is 11. The Kier molecular flexibility index (Phi) is 15.4. The Morgan fingerprint density at radius 2 is 1.15 bits per heavy atom. The van der Waals surface area contributed by atoms with Gasteiger partial charge in [0.2, 0.25) is 0 Å². The van der Waals surface area contributed by atoms with Crippen molar-refractivity contribution in [3.05, 3.63) is 166 Å². The van der Waals surface area contributed by atoms with E-state index in [1.807, 2.05) is 78.9 Å². The normalized spacial score (nSPS) is 11.7. The highest BCUT2D eigenvalue weighted by Crippen LogP contribution is 2.39. The molecule has 9 rings (SSSR count). The van der Waals surface area contributed by atoms with Gasteiger partial charge in [-0.2, -0.15) is 0 Å². The quantitative estimate of drug-likeness (QED) is 0.0858. The Morgan fingerprint density at radius 1 is 0.591 bits per heavy atom. The number of aryl methyl sites for hydroxylation is 3. The molecule has 0 radical (unpaired) electrons. The van der Waals surface area contributed by atoms with Crippen LogP contribution in [0.15, 0.2) is 138 Å². The monoisotopic (exact) mass is 945 g/mol. The van der Waals surface area contributed by atoms with Gasteiger partial charge in [-0.1, -0.05) is 84.0 Å². The first kappa shape index (κ1) is 46.8. The molecule has 12 heteroatoms. The van der Waals surface area contributed by atoms with E-state index in [1.54, 1.807) is 38.5 Å². The molecule has 0 bridgehead atoms. The van der Waals surface area contributed by atoms with Gasteiger partial charge in [-0.15, -0.1) is 0 Å². The first-order valence-electron chi connectivity index (χ1n) is 21.4. The Morgan fingerprint density at radius 3 is 1.77 bits per heavy atom. The third kappa shape index (κ3) is 10.5. The highest BCUT2D eigenvalue weighted by Gasteiger charge is 2.25. The van der Waals surface area contributed by atoms with E-state index in [-0.39, 0.29) is 13.4 Å². The predicted molar refractivity (Wildman–Crippen MR) is 265 cm³/mol. The molecular formula is C54H52BrN5O6. The van der Waals surface area contributed by atoms with Gasteiger partial charge in [0.15, 0.2) is 5.82 Å². The van der Waals surface area contributed by atoms with Crippen molar-refractivity contribution < 1.29 is 28.5 Å². The molecule has 11 nitrogen and oxygen atoms in total. The Balaban J connectivity index is 0.000000193. The summed E-state index contributed by atoms with van der Waals surface area (Å²) in [6, 6.07) is 43.0. The van der Waals surface area contributed by atoms with Gasteiger partial charge in [0.05, 0.1) is 73.0 Å². The Bertz CT molecular complexity index is 2990. The first-order chi connectivity index (χ1) is 31.8. The van der Waals surface area contributed by atoms with Gasteiger partial charge in [-0.3, -0.25) is 0 Å². The zero-order chi connectivity index (χ0) is 45.3. The SMILES string of the molecule is C.COC(=O)c1ccc2nc(-c3ccccc3)c(CCCCc3cc(OC)ccc3Br)nc2c1.COC(=O)c1ccc2nc(-c3ccccc3)c(N3CCCc4cc(OC)ccc43)nc2c1. The van der Waals surface area contributed by atoms with Crippen LogP contribution in [0.1, 0.15) is 64.2 Å². The van der Waals surface area contributed by atoms with Crippen molar-refractivity contribution in [3.63, 3.8) is 0 Å². The second-order valence-electron chi connectivity index (χ2n) is 15.5. The van der Waals surface area contributed by atoms with Crippen LogP contribution in [0, 0.1) is 0 Å². The largest absolute Gasteiger partial charge is 0.497 e. The highest BCUT2D eigenvalue weighted by atomic mass is 79.9. The molecule has 0 saturated heterocycles. The maximum Gasteiger partial charge on any atom is 0.337 e. The second-order valence-corrected chi connectivity index (χ2v) is 16.3. The number of halogens is 1. The average Bonchev–Trinajstić information content (AvgIpc) is 3.36. The maximum atomic E-state index is 12.1. The number of aromatic nitrogens is 4. The summed E-state index contributed by atoms with van der Waals surface area (Å²) in [7, 11) is 6.12. The van der Waals surface area contributed by atoms with Crippen LogP contribution in [-0.4, -0.2) is 66.9 Å². The van der Waals surface area contributed by atoms with E-state index in [2.05, 4.69) is 51.2 Å². The molecule has 0 spiro atoms. The van der Waals surface area contributed by atoms with E-state index in [4.69, 9.17) is 38.9 Å². The van der Waals surface area contributed by atoms with Gasteiger partial charge >= 0.3 is 11.9 Å². The first-order valence-corrected chi connectivity index (χ1v) is 22.2. The smallest absolute Gasteiger partial charge is 0.337 e. The number of fused-ring (bicyclic) bond motifs is 3. The van der Waals surface area contributed by atoms with Crippen LogP contribution < -0.4 is 14.4 Å². The molecule has 8 aromatic rings. The van der Waals surface area contributed by atoms with Crippen molar-refractivity contribution in [2.45, 2.75) is 46.0 Å². The number of carbonyl (C=O) groups excluding carboxylic acids is 2. The number of anilines is 2. The van der Waals surface area contributed by atoms with Gasteiger partial charge in [-0.25, -0.2) is 29.5 Å². The van der Waals surface area contributed by atoms with Crippen LogP contribution in [0.5, 0.6) is 11.5 Å². The summed E-state index contributed by atoms with van der Waals surface area (Å²) in [4.78, 5) is 46.1. The van der Waals surface area contributed by atoms with E-state index in [0.29, 0.717) is 22.2 Å². The third-order valence-corrected chi connectivity index (χ3v) is 12.1. The fourth-order valence-electron chi connectivity index (χ4n) is 8.00. The highest BCUT2D eigenvalue weighted by molar-refractivity contribution is 9.10. The molecule has 0 aliphatic carbocycles. The standard InChI is InChI=1S/C27H25BrN2O3.C26H23N3O3.CH4/c1-32-21-13-14-22(28)19(16-21)10-6-7-11-24-26(18-8-4-3-5-9-18)30-23-15-12-20(27(31)33-2)17-25(23)29-24;1-31-20-11-13-23-18(15-20)9-6-14-29(23)25-24(17-7-4-3-5-8-17)27-21-12-10-19(26(30)32-2)16-22(21)28-25;/h3-5,8-9,12-17H,6-7,10-11H2,1-2H3;3-5,7-8,10-13,15-16H,6,9,14H2,1-2H3;1H4. The summed E-state index contributed by atoms with van der Waals surface area (Å²) in [6.07, 6.45) is 5.67. The lowest BCUT2D eigenvalue weighted by Gasteiger charge is -2.32. The number of carbonyl (C=O) groups is 2. The third-order valence-electron chi connectivity index (χ3n) is 11.3. The number of nitrogens with zero attached hydrogens (tertiary/aromatic N) is 5. The Hall–Kier alpha value is -7.18. The molecule has 0 saturated carbocycles. The van der Waals surface area contributed by atoms with E-state index in [0.717, 1.165) is 112 Å². The molecule has 1 aliphatic heterocycles. The van der Waals surface area contributed by atoms with Crippen molar-refractivity contribution in [1.82, 2.24) is 19.9 Å². The van der Waals surface area contributed by atoms with Gasteiger partial charge < -0.3 is 23.8 Å². The van der Waals surface area contributed by atoms with Crippen LogP contribution in [0.2, 0.25) is 0 Å². The molecule has 6 aromatic carbocycles. The lowest BCUT2D eigenvalue weighted by Crippen LogP contribution is -2.26. The fourth-order valence-corrected chi connectivity index (χ4v) is 8.45. The van der Waals surface area contributed by atoms with E-state index in [1.165, 1.54) is 25.3 Å². The zero-order valence-electron chi connectivity index (χ0n) is 36.7. The van der Waals surface area contributed by atoms with Crippen LogP contribution in [0.25, 0.3) is 44.6 Å². The number of methoxy groups -OCH3 is 4. The lowest BCUT2D eigenvalue weighted by molar-refractivity contribution is 0.0592. The predicted octanol–water partition coefficient (Wildman–Crippen LogP) is 12.2. The van der Waals surface area contributed by atoms with Crippen molar-refractivity contribution in [1.29, 1.82) is 0 Å². The molecule has 3 heterocycles. The van der Waals surface area contributed by atoms with Crippen molar-refractivity contribution in [2.24, 2.45) is 0 Å². The Labute approximate surface area is 393 Å². The molecule has 2 aromatic heterocycles. The summed E-state index contributed by atoms with van der Waals surface area (Å²) >= 11 is 3.63. The van der Waals surface area contributed by atoms with Crippen molar-refractivity contribution in [3.8, 4) is 34.0 Å². The minimum Gasteiger partial charge on any atom is -0.497 e. The molecule has 1 aliphatic rings. The molecule has 0 atom stereocenters. The summed E-state index contributed by atoms with van der Waals surface area (Å²) in [5, 5.41) is 0. The maximum absolute atomic E-state index is 12.1. The zero-order valence-corrected chi connectivity index (χ0v) is 38.3. The number of esters is 2. The molecule has 0 unspecified atom stereocenters. The average molecular weight is 947 g/mol. The van der Waals surface area contributed by atoms with Crippen LogP contribution in [0.4, 0.5) is 11.5 Å². The molecule has 0 N–H and O–H groups in total. The molecule has 0 amide bonds. The van der Waals surface area contributed by atoms with Crippen molar-refractivity contribution in [2.75, 3.05) is 39.9 Å². The minimum absolute atomic E-state index is 0. The number of benzene rings is 6. The fraction of sp³-hybridized carbons (Fsp3) is 0.222. The lowest BCUT2D eigenvalue weighted by atomic mass is 10.0. The molecule has 66 heavy (non-hydrogen) atoms. The summed E-state index contributed by atoms with van der Waals surface area (Å²) in [6.45, 7) is 0.829. The number of hydrogen-bond donors (Lipinski definition) is 0. The van der Waals surface area contributed by atoms with Gasteiger partial charge in [0, 0.05) is 27.8 Å². The number of unbranched alkanes of at least 4 members (excludes halogenated alkanes) is 1. The number of rotatable bonds is 12. The van der Waals surface area contributed by atoms with Crippen LogP contribution >= 0.6 is 15.9 Å². The number of ether oxygens (including phenoxy) is 4. The minimum atomic E-state index is -0.391. The van der Waals surface area contributed by atoms with Crippen LogP contribution in [0.3, 0.4) is 0 Å². The van der Waals surface area contributed by atoms with E-state index in [9.17, 15) is 9.59 Å². The summed E-state index contributed by atoms with van der Waals surface area (Å²) < 4.78 is 21.6. The van der Waals surface area contributed by atoms with Gasteiger partial charge in [0.1, 0.15) is 17.2 Å². The van der Waals surface area contributed by atoms with E-state index >= 15 is 0 Å². The summed E-state index contributed by atoms with van der Waals surface area (Å²) in [5.74, 6) is 1.72. The van der Waals surface area contributed by atoms with Gasteiger partial charge in [-0.05, 0) is 122 Å². The molecule has 0 fully saturated rings. The van der Waals surface area contributed by atoms with Crippen molar-refractivity contribution >= 4 is 61.4 Å². The molecule has 336 valence electrons. The second kappa shape index (κ2) is 21.7. The topological polar surface area (TPSA) is 126 Å². The summed E-state index contributed by atoms with van der Waals surface area (Å²) in [5.41, 5.74) is 12.0. The van der Waals surface area contributed by atoms with Crippen LogP contribution in [-0.2, 0) is 28.7 Å². The van der Waals surface area contributed by atoms with E-state index < -0.39 is 5.97 Å². The van der Waals surface area contributed by atoms with Gasteiger partial charge in [0.25, 0.3) is 0 Å². The molecular weight excluding hydrogens is 895 g/mol.